The van der Waals surface area contributed by atoms with Crippen molar-refractivity contribution in [3.8, 4) is 0 Å². The zero-order chi connectivity index (χ0) is 17.0. The highest BCUT2D eigenvalue weighted by Gasteiger charge is 2.45. The van der Waals surface area contributed by atoms with Crippen molar-refractivity contribution in [3.63, 3.8) is 0 Å². The zero-order valence-corrected chi connectivity index (χ0v) is 14.2. The molecule has 1 N–H and O–H groups in total. The Morgan fingerprint density at radius 1 is 1.33 bits per heavy atom. The van der Waals surface area contributed by atoms with Gasteiger partial charge in [-0.25, -0.2) is 4.98 Å². The van der Waals surface area contributed by atoms with Gasteiger partial charge in [0.1, 0.15) is 12.4 Å². The summed E-state index contributed by atoms with van der Waals surface area (Å²) in [7, 11) is 1.54. The Hall–Kier alpha value is -1.73. The number of carbonyl (C=O) groups is 1. The highest BCUT2D eigenvalue weighted by Crippen LogP contribution is 2.45. The summed E-state index contributed by atoms with van der Waals surface area (Å²) in [5.74, 6) is 1.07. The van der Waals surface area contributed by atoms with Gasteiger partial charge in [-0.15, -0.1) is 0 Å². The lowest BCUT2D eigenvalue weighted by Gasteiger charge is -2.51. The highest BCUT2D eigenvalue weighted by atomic mass is 16.5. The van der Waals surface area contributed by atoms with E-state index in [9.17, 15) is 9.90 Å². The van der Waals surface area contributed by atoms with Gasteiger partial charge in [0, 0.05) is 58.2 Å². The second kappa shape index (κ2) is 7.44. The van der Waals surface area contributed by atoms with Gasteiger partial charge >= 0.3 is 0 Å². The van der Waals surface area contributed by atoms with E-state index in [2.05, 4.69) is 14.9 Å². The van der Waals surface area contributed by atoms with Crippen LogP contribution in [-0.2, 0) is 9.53 Å². The molecular formula is C17H26N4O3. The molecule has 7 nitrogen and oxygen atoms in total. The number of anilines is 1. The van der Waals surface area contributed by atoms with E-state index >= 15 is 0 Å². The van der Waals surface area contributed by atoms with Crippen molar-refractivity contribution in [1.29, 1.82) is 0 Å². The third-order valence-corrected chi connectivity index (χ3v) is 5.66. The normalized spacial score (nSPS) is 23.5. The molecule has 0 unspecified atom stereocenters. The van der Waals surface area contributed by atoms with Gasteiger partial charge in [-0.2, -0.15) is 0 Å². The molecule has 0 aliphatic carbocycles. The fraction of sp³-hybridized carbons (Fsp3) is 0.706. The molecule has 0 saturated carbocycles. The first-order valence-corrected chi connectivity index (χ1v) is 8.57. The second-order valence-corrected chi connectivity index (χ2v) is 6.82. The minimum atomic E-state index is 0.0165. The Morgan fingerprint density at radius 3 is 2.71 bits per heavy atom. The maximum atomic E-state index is 12.1. The van der Waals surface area contributed by atoms with E-state index in [-0.39, 0.29) is 30.5 Å². The van der Waals surface area contributed by atoms with Crippen molar-refractivity contribution in [1.82, 2.24) is 14.9 Å². The van der Waals surface area contributed by atoms with Gasteiger partial charge in [-0.1, -0.05) is 0 Å². The molecular weight excluding hydrogens is 308 g/mol. The van der Waals surface area contributed by atoms with Crippen molar-refractivity contribution in [2.45, 2.75) is 19.3 Å². The van der Waals surface area contributed by atoms with E-state index in [1.807, 2.05) is 4.90 Å². The molecule has 24 heavy (non-hydrogen) atoms. The fourth-order valence-electron chi connectivity index (χ4n) is 4.10. The quantitative estimate of drug-likeness (QED) is 0.866. The number of aliphatic hydroxyl groups is 1. The zero-order valence-electron chi connectivity index (χ0n) is 14.2. The number of ether oxygens (including phenoxy) is 1. The molecule has 2 saturated heterocycles. The van der Waals surface area contributed by atoms with Crippen molar-refractivity contribution in [2.24, 2.45) is 11.3 Å². The number of likely N-dealkylation sites (tertiary alicyclic amines) is 1. The van der Waals surface area contributed by atoms with Crippen LogP contribution in [0.4, 0.5) is 5.82 Å². The molecule has 2 aliphatic rings. The van der Waals surface area contributed by atoms with E-state index < -0.39 is 0 Å². The number of nitrogens with zero attached hydrogens (tertiary/aromatic N) is 4. The number of hydrogen-bond acceptors (Lipinski definition) is 6. The van der Waals surface area contributed by atoms with Gasteiger partial charge in [-0.3, -0.25) is 9.78 Å². The standard InChI is InChI=1S/C17H26N4O3/c1-24-13-16(23)21-9-4-17(14(11-21)12-22)2-7-20(8-3-17)15-10-18-5-6-19-15/h5-6,10,14,22H,2-4,7-9,11-13H2,1H3/t14-/m0/s1. The van der Waals surface area contributed by atoms with Crippen LogP contribution in [0.2, 0.25) is 0 Å². The molecule has 0 aromatic carbocycles. The Labute approximate surface area is 142 Å². The average Bonchev–Trinajstić information content (AvgIpc) is 2.63. The molecule has 3 heterocycles. The Kier molecular flexibility index (Phi) is 5.30. The number of aromatic nitrogens is 2. The summed E-state index contributed by atoms with van der Waals surface area (Å²) < 4.78 is 4.95. The van der Waals surface area contributed by atoms with Gasteiger partial charge in [0.05, 0.1) is 6.20 Å². The molecule has 7 heteroatoms. The highest BCUT2D eigenvalue weighted by molar-refractivity contribution is 5.77. The fourth-order valence-corrected chi connectivity index (χ4v) is 4.10. The molecule has 1 aromatic heterocycles. The number of methoxy groups -OCH3 is 1. The topological polar surface area (TPSA) is 78.8 Å². The largest absolute Gasteiger partial charge is 0.396 e. The first-order valence-electron chi connectivity index (χ1n) is 8.57. The minimum absolute atomic E-state index is 0.0165. The summed E-state index contributed by atoms with van der Waals surface area (Å²) >= 11 is 0. The molecule has 0 bridgehead atoms. The lowest BCUT2D eigenvalue weighted by molar-refractivity contribution is -0.141. The van der Waals surface area contributed by atoms with Crippen LogP contribution in [0.3, 0.4) is 0 Å². The van der Waals surface area contributed by atoms with Gasteiger partial charge in [-0.05, 0) is 24.7 Å². The van der Waals surface area contributed by atoms with Crippen molar-refractivity contribution >= 4 is 11.7 Å². The summed E-state index contributed by atoms with van der Waals surface area (Å²) in [6, 6.07) is 0. The van der Waals surface area contributed by atoms with Crippen LogP contribution < -0.4 is 4.90 Å². The summed E-state index contributed by atoms with van der Waals surface area (Å²) in [6.07, 6.45) is 8.18. The van der Waals surface area contributed by atoms with E-state index in [4.69, 9.17) is 4.74 Å². The number of rotatable bonds is 4. The van der Waals surface area contributed by atoms with Gasteiger partial charge in [0.2, 0.25) is 5.91 Å². The Morgan fingerprint density at radius 2 is 2.08 bits per heavy atom. The van der Waals surface area contributed by atoms with Gasteiger partial charge < -0.3 is 19.6 Å². The first-order chi connectivity index (χ1) is 11.7. The lowest BCUT2D eigenvalue weighted by Crippen LogP contribution is -2.55. The van der Waals surface area contributed by atoms with Crippen LogP contribution in [-0.4, -0.2) is 72.4 Å². The molecule has 2 aliphatic heterocycles. The van der Waals surface area contributed by atoms with Crippen LogP contribution >= 0.6 is 0 Å². The predicted molar refractivity (Wildman–Crippen MR) is 89.6 cm³/mol. The Balaban J connectivity index is 1.63. The molecule has 1 aromatic rings. The van der Waals surface area contributed by atoms with Gasteiger partial charge in [0.15, 0.2) is 0 Å². The molecule has 3 rings (SSSR count). The van der Waals surface area contributed by atoms with E-state index in [0.29, 0.717) is 6.54 Å². The van der Waals surface area contributed by atoms with Crippen LogP contribution in [0.1, 0.15) is 19.3 Å². The van der Waals surface area contributed by atoms with Crippen LogP contribution in [0.15, 0.2) is 18.6 Å². The number of carbonyl (C=O) groups excluding carboxylic acids is 1. The predicted octanol–water partition coefficient (Wildman–Crippen LogP) is 0.550. The van der Waals surface area contributed by atoms with Crippen LogP contribution in [0, 0.1) is 11.3 Å². The third-order valence-electron chi connectivity index (χ3n) is 5.66. The number of amides is 1. The minimum Gasteiger partial charge on any atom is -0.396 e. The monoisotopic (exact) mass is 334 g/mol. The molecule has 1 atom stereocenters. The average molecular weight is 334 g/mol. The second-order valence-electron chi connectivity index (χ2n) is 6.82. The maximum absolute atomic E-state index is 12.1. The van der Waals surface area contributed by atoms with Crippen LogP contribution in [0.5, 0.6) is 0 Å². The van der Waals surface area contributed by atoms with E-state index in [1.165, 1.54) is 7.11 Å². The Bertz CT molecular complexity index is 546. The third kappa shape index (κ3) is 3.37. The maximum Gasteiger partial charge on any atom is 0.248 e. The number of aliphatic hydroxyl groups excluding tert-OH is 1. The summed E-state index contributed by atoms with van der Waals surface area (Å²) in [6.45, 7) is 3.46. The summed E-state index contributed by atoms with van der Waals surface area (Å²) in [5, 5.41) is 9.92. The van der Waals surface area contributed by atoms with Crippen molar-refractivity contribution < 1.29 is 14.6 Å². The molecule has 132 valence electrons. The molecule has 2 fully saturated rings. The van der Waals surface area contributed by atoms with Gasteiger partial charge in [0.25, 0.3) is 0 Å². The molecule has 1 spiro atoms. The van der Waals surface area contributed by atoms with E-state index in [0.717, 1.165) is 44.7 Å². The smallest absolute Gasteiger partial charge is 0.248 e. The molecule has 1 amide bonds. The van der Waals surface area contributed by atoms with Crippen molar-refractivity contribution in [2.75, 3.05) is 51.4 Å². The number of hydrogen-bond donors (Lipinski definition) is 1. The SMILES string of the molecule is COCC(=O)N1CCC2(CCN(c3cnccn3)CC2)[C@H](CO)C1. The lowest BCUT2D eigenvalue weighted by atomic mass is 9.64. The number of piperidine rings is 2. The van der Waals surface area contributed by atoms with Crippen molar-refractivity contribution in [3.05, 3.63) is 18.6 Å². The molecule has 0 radical (unpaired) electrons. The summed E-state index contributed by atoms with van der Waals surface area (Å²) in [4.78, 5) is 24.7. The first kappa shape index (κ1) is 17.1. The van der Waals surface area contributed by atoms with E-state index in [1.54, 1.807) is 18.6 Å². The summed E-state index contributed by atoms with van der Waals surface area (Å²) in [5.41, 5.74) is 0.122. The van der Waals surface area contributed by atoms with Crippen LogP contribution in [0.25, 0.3) is 0 Å².